The van der Waals surface area contributed by atoms with Crippen molar-refractivity contribution in [1.82, 2.24) is 10.2 Å². The van der Waals surface area contributed by atoms with Gasteiger partial charge in [0.15, 0.2) is 5.82 Å². The minimum absolute atomic E-state index is 0.0113. The van der Waals surface area contributed by atoms with Gasteiger partial charge in [0.25, 0.3) is 5.78 Å². The van der Waals surface area contributed by atoms with Crippen molar-refractivity contribution in [1.29, 1.82) is 5.26 Å². The number of aryl methyl sites for hydroxylation is 1. The number of aliphatic hydroxyl groups excluding tert-OH is 1. The van der Waals surface area contributed by atoms with E-state index in [0.29, 0.717) is 11.3 Å². The van der Waals surface area contributed by atoms with E-state index in [2.05, 4.69) is 14.9 Å². The number of Topliss-reactive ketones (excluding diaryl/α,β-unsaturated/α-hetero) is 1. The van der Waals surface area contributed by atoms with Crippen LogP contribution in [0, 0.1) is 18.3 Å². The van der Waals surface area contributed by atoms with Gasteiger partial charge in [0.1, 0.15) is 11.5 Å². The Morgan fingerprint density at radius 1 is 1.03 bits per heavy atom. The molecule has 176 valence electrons. The van der Waals surface area contributed by atoms with Crippen LogP contribution < -0.4 is 9.64 Å². The number of nitrogens with zero attached hydrogens (tertiary/aromatic N) is 4. The van der Waals surface area contributed by atoms with E-state index in [1.54, 1.807) is 13.0 Å². The van der Waals surface area contributed by atoms with Crippen LogP contribution in [0.2, 0.25) is 0 Å². The minimum atomic E-state index is -4.90. The van der Waals surface area contributed by atoms with Gasteiger partial charge < -0.3 is 9.84 Å². The summed E-state index contributed by atoms with van der Waals surface area (Å²) in [5.74, 6) is -3.03. The van der Waals surface area contributed by atoms with Crippen molar-refractivity contribution < 1.29 is 32.6 Å². The van der Waals surface area contributed by atoms with Crippen LogP contribution in [-0.4, -0.2) is 33.4 Å². The number of carbonyl (C=O) groups is 2. The smallest absolute Gasteiger partial charge is 0.507 e. The molecule has 2 heterocycles. The number of amides is 1. The molecule has 0 saturated carbocycles. The minimum Gasteiger partial charge on any atom is -0.507 e. The number of nitriles is 1. The second-order valence-corrected chi connectivity index (χ2v) is 7.51. The fraction of sp³-hybridized carbons (Fsp3) is 0.125. The van der Waals surface area contributed by atoms with Crippen molar-refractivity contribution in [3.05, 3.63) is 88.6 Å². The zero-order chi connectivity index (χ0) is 25.3. The van der Waals surface area contributed by atoms with Crippen molar-refractivity contribution in [2.45, 2.75) is 19.3 Å². The summed E-state index contributed by atoms with van der Waals surface area (Å²) in [7, 11) is 0. The summed E-state index contributed by atoms with van der Waals surface area (Å²) in [6.45, 7) is 1.67. The number of aromatic nitrogens is 2. The lowest BCUT2D eigenvalue weighted by molar-refractivity contribution is -0.274. The number of benzene rings is 2. The number of alkyl halides is 3. The molecule has 0 bridgehead atoms. The number of hydrogen-bond acceptors (Lipinski definition) is 7. The van der Waals surface area contributed by atoms with E-state index in [-0.39, 0.29) is 22.5 Å². The Balaban J connectivity index is 1.87. The molecule has 1 aliphatic heterocycles. The third kappa shape index (κ3) is 4.67. The zero-order valence-electron chi connectivity index (χ0n) is 17.9. The second kappa shape index (κ2) is 8.90. The van der Waals surface area contributed by atoms with E-state index >= 15 is 0 Å². The molecule has 3 aromatic rings. The van der Waals surface area contributed by atoms with Gasteiger partial charge in [-0.15, -0.1) is 18.3 Å². The molecule has 8 nitrogen and oxygen atoms in total. The normalized spacial score (nSPS) is 17.3. The fourth-order valence-corrected chi connectivity index (χ4v) is 3.61. The quantitative estimate of drug-likeness (QED) is 0.338. The molecule has 4 rings (SSSR count). The second-order valence-electron chi connectivity index (χ2n) is 7.51. The SMILES string of the molecule is Cc1ccc(N2C(=O)C(=O)C(=C(O)c3ccc(C#N)cc3)C2c2ccc(OC(F)(F)F)cc2)nn1. The highest BCUT2D eigenvalue weighted by atomic mass is 19.4. The number of carbonyl (C=O) groups excluding carboxylic acids is 2. The van der Waals surface area contributed by atoms with Crippen LogP contribution in [0.15, 0.2) is 66.2 Å². The van der Waals surface area contributed by atoms with Crippen LogP contribution >= 0.6 is 0 Å². The number of anilines is 1. The molecule has 1 saturated heterocycles. The first kappa shape index (κ1) is 23.4. The van der Waals surface area contributed by atoms with Crippen LogP contribution in [-0.2, 0) is 9.59 Å². The van der Waals surface area contributed by atoms with Gasteiger partial charge in [-0.05, 0) is 61.0 Å². The van der Waals surface area contributed by atoms with Crippen molar-refractivity contribution in [3.63, 3.8) is 0 Å². The van der Waals surface area contributed by atoms with Crippen molar-refractivity contribution >= 4 is 23.3 Å². The summed E-state index contributed by atoms with van der Waals surface area (Å²) < 4.78 is 41.6. The Kier molecular flexibility index (Phi) is 5.96. The lowest BCUT2D eigenvalue weighted by Crippen LogP contribution is -2.30. The molecule has 1 fully saturated rings. The Morgan fingerprint density at radius 2 is 1.69 bits per heavy atom. The number of ether oxygens (including phenoxy) is 1. The summed E-state index contributed by atoms with van der Waals surface area (Å²) in [5, 5.41) is 27.9. The molecule has 35 heavy (non-hydrogen) atoms. The molecule has 0 radical (unpaired) electrons. The Labute approximate surface area is 196 Å². The molecule has 1 N–H and O–H groups in total. The number of halogens is 3. The standard InChI is InChI=1S/C24H15F3N4O4/c1-13-2-11-18(30-29-13)31-20(15-7-9-17(10-8-15)35-24(25,26)27)19(22(33)23(31)34)21(32)16-5-3-14(12-28)4-6-16/h2-11,20,32H,1H3. The third-order valence-electron chi connectivity index (χ3n) is 5.19. The maximum absolute atomic E-state index is 13.0. The number of hydrogen-bond donors (Lipinski definition) is 1. The predicted octanol–water partition coefficient (Wildman–Crippen LogP) is 4.18. The molecule has 1 amide bonds. The highest BCUT2D eigenvalue weighted by Crippen LogP contribution is 2.42. The largest absolute Gasteiger partial charge is 0.573 e. The van der Waals surface area contributed by atoms with E-state index in [4.69, 9.17) is 5.26 Å². The lowest BCUT2D eigenvalue weighted by Gasteiger charge is -2.24. The predicted molar refractivity (Wildman–Crippen MR) is 116 cm³/mol. The summed E-state index contributed by atoms with van der Waals surface area (Å²) in [5.41, 5.74) is 0.948. The summed E-state index contributed by atoms with van der Waals surface area (Å²) >= 11 is 0. The Bertz CT molecular complexity index is 1360. The number of ketones is 1. The molecule has 2 aromatic carbocycles. The molecular weight excluding hydrogens is 465 g/mol. The van der Waals surface area contributed by atoms with Crippen molar-refractivity contribution in [2.75, 3.05) is 4.90 Å². The topological polar surface area (TPSA) is 116 Å². The Morgan fingerprint density at radius 3 is 2.23 bits per heavy atom. The lowest BCUT2D eigenvalue weighted by atomic mass is 9.95. The summed E-state index contributed by atoms with van der Waals surface area (Å²) in [4.78, 5) is 27.1. The average molecular weight is 480 g/mol. The molecule has 1 aromatic heterocycles. The zero-order valence-corrected chi connectivity index (χ0v) is 17.9. The van der Waals surface area contributed by atoms with Crippen molar-refractivity contribution in [3.8, 4) is 11.8 Å². The first-order valence-electron chi connectivity index (χ1n) is 10.1. The van der Waals surface area contributed by atoms with Gasteiger partial charge in [0, 0.05) is 5.56 Å². The van der Waals surface area contributed by atoms with Crippen LogP contribution in [0.5, 0.6) is 5.75 Å². The maximum atomic E-state index is 13.0. The molecule has 1 aliphatic rings. The first-order chi connectivity index (χ1) is 16.6. The average Bonchev–Trinajstić information content (AvgIpc) is 3.09. The summed E-state index contributed by atoms with van der Waals surface area (Å²) in [6.07, 6.45) is -4.90. The number of rotatable bonds is 4. The molecule has 11 heteroatoms. The van der Waals surface area contributed by atoms with Crippen LogP contribution in [0.4, 0.5) is 19.0 Å². The number of aliphatic hydroxyl groups is 1. The van der Waals surface area contributed by atoms with Gasteiger partial charge >= 0.3 is 12.3 Å². The van der Waals surface area contributed by atoms with Gasteiger partial charge in [-0.2, -0.15) is 10.4 Å². The molecular formula is C24H15F3N4O4. The molecule has 1 atom stereocenters. The monoisotopic (exact) mass is 480 g/mol. The van der Waals surface area contributed by atoms with Gasteiger partial charge in [0.2, 0.25) is 0 Å². The Hall–Kier alpha value is -4.72. The highest BCUT2D eigenvalue weighted by molar-refractivity contribution is 6.51. The van der Waals surface area contributed by atoms with Crippen molar-refractivity contribution in [2.24, 2.45) is 0 Å². The van der Waals surface area contributed by atoms with E-state index in [1.165, 1.54) is 42.5 Å². The molecule has 1 unspecified atom stereocenters. The first-order valence-corrected chi connectivity index (χ1v) is 10.1. The van der Waals surface area contributed by atoms with Crippen LogP contribution in [0.1, 0.15) is 28.4 Å². The van der Waals surface area contributed by atoms with E-state index in [9.17, 15) is 27.9 Å². The van der Waals surface area contributed by atoms with Gasteiger partial charge in [-0.3, -0.25) is 14.5 Å². The van der Waals surface area contributed by atoms with Crippen LogP contribution in [0.25, 0.3) is 5.76 Å². The van der Waals surface area contributed by atoms with Gasteiger partial charge in [-0.1, -0.05) is 12.1 Å². The third-order valence-corrected chi connectivity index (χ3v) is 5.19. The van der Waals surface area contributed by atoms with E-state index in [1.807, 2.05) is 6.07 Å². The fourth-order valence-electron chi connectivity index (χ4n) is 3.61. The van der Waals surface area contributed by atoms with Crippen LogP contribution in [0.3, 0.4) is 0 Å². The van der Waals surface area contributed by atoms with E-state index in [0.717, 1.165) is 17.0 Å². The molecule has 0 aliphatic carbocycles. The highest BCUT2D eigenvalue weighted by Gasteiger charge is 2.47. The summed E-state index contributed by atoms with van der Waals surface area (Å²) in [6, 6.07) is 14.0. The van der Waals surface area contributed by atoms with Gasteiger partial charge in [0.05, 0.1) is 28.9 Å². The van der Waals surface area contributed by atoms with Gasteiger partial charge in [-0.25, -0.2) is 0 Å². The maximum Gasteiger partial charge on any atom is 0.573 e. The molecule has 0 spiro atoms. The van der Waals surface area contributed by atoms with E-state index < -0.39 is 35.6 Å².